The third kappa shape index (κ3) is 2.20. The minimum absolute atomic E-state index is 0.0550. The summed E-state index contributed by atoms with van der Waals surface area (Å²) in [6.45, 7) is 2.65. The van der Waals surface area contributed by atoms with Crippen molar-refractivity contribution in [3.05, 3.63) is 30.0 Å². The highest BCUT2D eigenvalue weighted by atomic mass is 16.7. The van der Waals surface area contributed by atoms with Crippen LogP contribution in [0, 0.1) is 0 Å². The molecule has 21 heavy (non-hydrogen) atoms. The lowest BCUT2D eigenvalue weighted by Gasteiger charge is -2.37. The molecular formula is C15H17N3O3. The highest BCUT2D eigenvalue weighted by Gasteiger charge is 2.40. The fourth-order valence-electron chi connectivity index (χ4n) is 3.09. The monoisotopic (exact) mass is 287 g/mol. The van der Waals surface area contributed by atoms with Gasteiger partial charge in [0.05, 0.1) is 24.9 Å². The second-order valence-corrected chi connectivity index (χ2v) is 5.57. The van der Waals surface area contributed by atoms with Crippen molar-refractivity contribution in [3.63, 3.8) is 0 Å². The first-order valence-electron chi connectivity index (χ1n) is 7.26. The molecule has 2 fully saturated rings. The predicted molar refractivity (Wildman–Crippen MR) is 75.9 cm³/mol. The number of nitrogens with zero attached hydrogens (tertiary/aromatic N) is 2. The van der Waals surface area contributed by atoms with E-state index in [0.717, 1.165) is 23.7 Å². The minimum Gasteiger partial charge on any atom is -0.347 e. The first kappa shape index (κ1) is 12.8. The Kier molecular flexibility index (Phi) is 2.94. The van der Waals surface area contributed by atoms with Gasteiger partial charge in [0.15, 0.2) is 5.79 Å². The average molecular weight is 287 g/mol. The molecule has 1 spiro atoms. The summed E-state index contributed by atoms with van der Waals surface area (Å²) in [5.41, 5.74) is 1.58. The normalized spacial score (nSPS) is 21.2. The van der Waals surface area contributed by atoms with Gasteiger partial charge in [0.2, 0.25) is 0 Å². The number of amides is 1. The molecule has 1 amide bonds. The maximum atomic E-state index is 12.6. The van der Waals surface area contributed by atoms with E-state index in [9.17, 15) is 4.79 Å². The highest BCUT2D eigenvalue weighted by molar-refractivity contribution is 5.97. The van der Waals surface area contributed by atoms with Crippen molar-refractivity contribution in [2.24, 2.45) is 0 Å². The van der Waals surface area contributed by atoms with E-state index < -0.39 is 5.79 Å². The van der Waals surface area contributed by atoms with Gasteiger partial charge in [-0.1, -0.05) is 6.07 Å². The molecule has 110 valence electrons. The van der Waals surface area contributed by atoms with Crippen LogP contribution in [0.1, 0.15) is 23.2 Å². The Labute approximate surface area is 122 Å². The van der Waals surface area contributed by atoms with Crippen molar-refractivity contribution < 1.29 is 14.3 Å². The molecule has 0 saturated carbocycles. The fourth-order valence-corrected chi connectivity index (χ4v) is 3.09. The molecule has 0 unspecified atom stereocenters. The minimum atomic E-state index is -0.440. The van der Waals surface area contributed by atoms with E-state index in [-0.39, 0.29) is 5.91 Å². The molecule has 6 heteroatoms. The molecule has 4 rings (SSSR count). The van der Waals surface area contributed by atoms with Crippen LogP contribution in [0.5, 0.6) is 0 Å². The molecular weight excluding hydrogens is 270 g/mol. The number of nitrogens with one attached hydrogen (secondary N) is 1. The quantitative estimate of drug-likeness (QED) is 0.864. The summed E-state index contributed by atoms with van der Waals surface area (Å²) < 4.78 is 11.4. The standard InChI is InChI=1S/C15H17N3O3/c19-14(11-1-2-12-10-16-17-13(12)9-11)18-5-3-15(4-6-18)20-7-8-21-15/h1-2,9-10H,3-8H2,(H,16,17). The van der Waals surface area contributed by atoms with Crippen molar-refractivity contribution in [1.82, 2.24) is 15.1 Å². The summed E-state index contributed by atoms with van der Waals surface area (Å²) in [5, 5.41) is 7.89. The summed E-state index contributed by atoms with van der Waals surface area (Å²) in [4.78, 5) is 14.4. The second-order valence-electron chi connectivity index (χ2n) is 5.57. The maximum Gasteiger partial charge on any atom is 0.253 e. The number of rotatable bonds is 1. The lowest BCUT2D eigenvalue weighted by atomic mass is 10.0. The van der Waals surface area contributed by atoms with E-state index in [2.05, 4.69) is 10.2 Å². The number of benzene rings is 1. The third-order valence-corrected chi connectivity index (χ3v) is 4.31. The van der Waals surface area contributed by atoms with Crippen molar-refractivity contribution in [3.8, 4) is 0 Å². The Balaban J connectivity index is 1.50. The molecule has 2 aliphatic heterocycles. The van der Waals surface area contributed by atoms with Crippen LogP contribution in [0.15, 0.2) is 24.4 Å². The molecule has 3 heterocycles. The molecule has 2 aromatic rings. The number of hydrogen-bond acceptors (Lipinski definition) is 4. The van der Waals surface area contributed by atoms with Crippen LogP contribution in [0.4, 0.5) is 0 Å². The first-order valence-corrected chi connectivity index (χ1v) is 7.26. The van der Waals surface area contributed by atoms with Crippen molar-refractivity contribution >= 4 is 16.8 Å². The van der Waals surface area contributed by atoms with Gasteiger partial charge in [-0.05, 0) is 12.1 Å². The zero-order chi connectivity index (χ0) is 14.3. The number of H-pyrrole nitrogens is 1. The zero-order valence-electron chi connectivity index (χ0n) is 11.7. The lowest BCUT2D eigenvalue weighted by Crippen LogP contribution is -2.47. The number of piperidine rings is 1. The Morgan fingerprint density at radius 1 is 1.24 bits per heavy atom. The topological polar surface area (TPSA) is 67.5 Å². The van der Waals surface area contributed by atoms with Gasteiger partial charge >= 0.3 is 0 Å². The molecule has 2 aliphatic rings. The SMILES string of the molecule is O=C(c1ccc2cn[nH]c2c1)N1CCC2(CC1)OCCO2. The summed E-state index contributed by atoms with van der Waals surface area (Å²) in [6, 6.07) is 5.63. The van der Waals surface area contributed by atoms with Gasteiger partial charge in [-0.2, -0.15) is 5.10 Å². The van der Waals surface area contributed by atoms with Crippen LogP contribution >= 0.6 is 0 Å². The number of carbonyl (C=O) groups excluding carboxylic acids is 1. The molecule has 0 radical (unpaired) electrons. The van der Waals surface area contributed by atoms with Gasteiger partial charge < -0.3 is 14.4 Å². The van der Waals surface area contributed by atoms with E-state index >= 15 is 0 Å². The molecule has 1 aromatic carbocycles. The van der Waals surface area contributed by atoms with E-state index in [1.54, 1.807) is 6.20 Å². The molecule has 2 saturated heterocycles. The maximum absolute atomic E-state index is 12.6. The van der Waals surface area contributed by atoms with Gasteiger partial charge in [-0.25, -0.2) is 0 Å². The van der Waals surface area contributed by atoms with E-state index in [4.69, 9.17) is 9.47 Å². The van der Waals surface area contributed by atoms with Crippen molar-refractivity contribution in [1.29, 1.82) is 0 Å². The summed E-state index contributed by atoms with van der Waals surface area (Å²) >= 11 is 0. The third-order valence-electron chi connectivity index (χ3n) is 4.31. The average Bonchev–Trinajstić information content (AvgIpc) is 3.16. The molecule has 0 atom stereocenters. The van der Waals surface area contributed by atoms with Gasteiger partial charge in [0.25, 0.3) is 5.91 Å². The first-order chi connectivity index (χ1) is 10.3. The van der Waals surface area contributed by atoms with Crippen LogP contribution in [-0.4, -0.2) is 53.1 Å². The van der Waals surface area contributed by atoms with Gasteiger partial charge in [0, 0.05) is 36.9 Å². The Bertz CT molecular complexity index is 666. The number of ether oxygens (including phenoxy) is 2. The van der Waals surface area contributed by atoms with Crippen LogP contribution in [-0.2, 0) is 9.47 Å². The number of aromatic nitrogens is 2. The second kappa shape index (κ2) is 4.82. The van der Waals surface area contributed by atoms with Crippen LogP contribution in [0.3, 0.4) is 0 Å². The van der Waals surface area contributed by atoms with Gasteiger partial charge in [-0.3, -0.25) is 9.89 Å². The fraction of sp³-hybridized carbons (Fsp3) is 0.467. The van der Waals surface area contributed by atoms with Crippen molar-refractivity contribution in [2.45, 2.75) is 18.6 Å². The van der Waals surface area contributed by atoms with Gasteiger partial charge in [0.1, 0.15) is 0 Å². The molecule has 0 aliphatic carbocycles. The number of hydrogen-bond donors (Lipinski definition) is 1. The summed E-state index contributed by atoms with van der Waals surface area (Å²) in [5.74, 6) is -0.385. The number of fused-ring (bicyclic) bond motifs is 1. The number of aromatic amines is 1. The molecule has 6 nitrogen and oxygen atoms in total. The largest absolute Gasteiger partial charge is 0.347 e. The van der Waals surface area contributed by atoms with E-state index in [1.807, 2.05) is 23.1 Å². The van der Waals surface area contributed by atoms with Crippen LogP contribution < -0.4 is 0 Å². The zero-order valence-corrected chi connectivity index (χ0v) is 11.7. The smallest absolute Gasteiger partial charge is 0.253 e. The summed E-state index contributed by atoms with van der Waals surface area (Å²) in [7, 11) is 0. The Hall–Kier alpha value is -1.92. The van der Waals surface area contributed by atoms with Crippen LogP contribution in [0.25, 0.3) is 10.9 Å². The predicted octanol–water partition coefficient (Wildman–Crippen LogP) is 1.54. The van der Waals surface area contributed by atoms with E-state index in [1.165, 1.54) is 0 Å². The Morgan fingerprint density at radius 2 is 2.00 bits per heavy atom. The summed E-state index contributed by atoms with van der Waals surface area (Å²) in [6.07, 6.45) is 3.24. The Morgan fingerprint density at radius 3 is 2.76 bits per heavy atom. The number of carbonyl (C=O) groups is 1. The number of likely N-dealkylation sites (tertiary alicyclic amines) is 1. The lowest BCUT2D eigenvalue weighted by molar-refractivity contribution is -0.181. The molecule has 1 aromatic heterocycles. The molecule has 1 N–H and O–H groups in total. The molecule has 0 bridgehead atoms. The van der Waals surface area contributed by atoms with Crippen molar-refractivity contribution in [2.75, 3.05) is 26.3 Å². The van der Waals surface area contributed by atoms with Gasteiger partial charge in [-0.15, -0.1) is 0 Å². The van der Waals surface area contributed by atoms with E-state index in [0.29, 0.717) is 31.9 Å². The highest BCUT2D eigenvalue weighted by Crippen LogP contribution is 2.31. The van der Waals surface area contributed by atoms with Crippen LogP contribution in [0.2, 0.25) is 0 Å².